The van der Waals surface area contributed by atoms with Gasteiger partial charge >= 0.3 is 0 Å². The van der Waals surface area contributed by atoms with Crippen molar-refractivity contribution in [3.05, 3.63) is 0 Å². The van der Waals surface area contributed by atoms with Gasteiger partial charge in [-0.2, -0.15) is 0 Å². The smallest absolute Gasteiger partial charge is 0.00501 e. The summed E-state index contributed by atoms with van der Waals surface area (Å²) in [6, 6.07) is 0. The van der Waals surface area contributed by atoms with Crippen molar-refractivity contribution in [3.63, 3.8) is 0 Å². The Morgan fingerprint density at radius 3 is 2.38 bits per heavy atom. The molecule has 2 nitrogen and oxygen atoms in total. The molecule has 1 aliphatic carbocycles. The molecule has 2 aliphatic rings. The molecule has 0 atom stereocenters. The minimum atomic E-state index is 0.625. The summed E-state index contributed by atoms with van der Waals surface area (Å²) in [7, 11) is 0. The molecule has 0 aromatic carbocycles. The van der Waals surface area contributed by atoms with E-state index in [2.05, 4.69) is 17.1 Å². The van der Waals surface area contributed by atoms with Crippen molar-refractivity contribution in [3.8, 4) is 0 Å². The molecule has 2 fully saturated rings. The van der Waals surface area contributed by atoms with Crippen LogP contribution in [0.1, 0.15) is 51.9 Å². The predicted molar refractivity (Wildman–Crippen MR) is 69.7 cm³/mol. The monoisotopic (exact) mass is 224 g/mol. The molecule has 0 spiro atoms. The maximum absolute atomic E-state index is 3.67. The molecule has 0 bridgehead atoms. The van der Waals surface area contributed by atoms with Crippen LogP contribution in [-0.4, -0.2) is 37.6 Å². The lowest BCUT2D eigenvalue weighted by Crippen LogP contribution is -2.41. The number of hydrogen-bond acceptors (Lipinski definition) is 2. The van der Waals surface area contributed by atoms with Crippen molar-refractivity contribution < 1.29 is 0 Å². The quantitative estimate of drug-likeness (QED) is 0.698. The van der Waals surface area contributed by atoms with Gasteiger partial charge in [-0.1, -0.05) is 19.8 Å². The third-order valence-corrected chi connectivity index (χ3v) is 4.35. The Kier molecular flexibility index (Phi) is 4.66. The fraction of sp³-hybridized carbons (Fsp3) is 1.00. The van der Waals surface area contributed by atoms with Crippen LogP contribution in [-0.2, 0) is 0 Å². The topological polar surface area (TPSA) is 15.3 Å². The first-order chi connectivity index (χ1) is 7.85. The largest absolute Gasteiger partial charge is 0.316 e. The van der Waals surface area contributed by atoms with Gasteiger partial charge in [0.15, 0.2) is 0 Å². The van der Waals surface area contributed by atoms with Crippen LogP contribution < -0.4 is 5.32 Å². The number of nitrogens with zero attached hydrogens (tertiary/aromatic N) is 1. The van der Waals surface area contributed by atoms with Gasteiger partial charge in [-0.3, -0.25) is 0 Å². The lowest BCUT2D eigenvalue weighted by Gasteiger charge is -2.33. The van der Waals surface area contributed by atoms with Gasteiger partial charge in [0.05, 0.1) is 0 Å². The first-order valence-electron chi connectivity index (χ1n) is 7.28. The highest BCUT2D eigenvalue weighted by molar-refractivity contribution is 4.90. The third kappa shape index (κ3) is 3.21. The highest BCUT2D eigenvalue weighted by Crippen LogP contribution is 2.38. The first kappa shape index (κ1) is 12.4. The van der Waals surface area contributed by atoms with Crippen molar-refractivity contribution in [1.82, 2.24) is 10.2 Å². The lowest BCUT2D eigenvalue weighted by molar-refractivity contribution is 0.172. The molecule has 2 rings (SSSR count). The fourth-order valence-electron chi connectivity index (χ4n) is 3.46. The molecule has 0 amide bonds. The van der Waals surface area contributed by atoms with E-state index in [9.17, 15) is 0 Å². The van der Waals surface area contributed by atoms with Gasteiger partial charge < -0.3 is 10.2 Å². The molecule has 16 heavy (non-hydrogen) atoms. The molecule has 2 heteroatoms. The SMILES string of the molecule is CCCNCC1(CN2CCCC2)CCCC1. The fourth-order valence-corrected chi connectivity index (χ4v) is 3.46. The minimum absolute atomic E-state index is 0.625. The Morgan fingerprint density at radius 1 is 1.06 bits per heavy atom. The van der Waals surface area contributed by atoms with Gasteiger partial charge in [-0.25, -0.2) is 0 Å². The highest BCUT2D eigenvalue weighted by Gasteiger charge is 2.35. The zero-order valence-corrected chi connectivity index (χ0v) is 10.9. The Balaban J connectivity index is 1.82. The van der Waals surface area contributed by atoms with Gasteiger partial charge in [0.25, 0.3) is 0 Å². The Bertz CT molecular complexity index is 191. The molecular formula is C14H28N2. The summed E-state index contributed by atoms with van der Waals surface area (Å²) in [6.45, 7) is 8.79. The van der Waals surface area contributed by atoms with E-state index in [0.717, 1.165) is 0 Å². The Labute approximate surface area is 101 Å². The normalized spacial score (nSPS) is 25.3. The van der Waals surface area contributed by atoms with Gasteiger partial charge in [0.2, 0.25) is 0 Å². The molecule has 0 radical (unpaired) electrons. The van der Waals surface area contributed by atoms with Crippen LogP contribution in [0.5, 0.6) is 0 Å². The first-order valence-corrected chi connectivity index (χ1v) is 7.28. The van der Waals surface area contributed by atoms with Crippen molar-refractivity contribution >= 4 is 0 Å². The second-order valence-electron chi connectivity index (χ2n) is 5.87. The molecule has 1 aliphatic heterocycles. The average molecular weight is 224 g/mol. The standard InChI is InChI=1S/C14H28N2/c1-2-9-15-12-14(7-3-4-8-14)13-16-10-5-6-11-16/h15H,2-13H2,1H3. The summed E-state index contributed by atoms with van der Waals surface area (Å²) < 4.78 is 0. The van der Waals surface area contributed by atoms with E-state index in [0.29, 0.717) is 5.41 Å². The van der Waals surface area contributed by atoms with Gasteiger partial charge in [0, 0.05) is 13.1 Å². The predicted octanol–water partition coefficient (Wildman–Crippen LogP) is 2.64. The number of nitrogens with one attached hydrogen (secondary N) is 1. The van der Waals surface area contributed by atoms with E-state index in [1.54, 1.807) is 0 Å². The molecule has 94 valence electrons. The maximum atomic E-state index is 3.67. The Morgan fingerprint density at radius 2 is 1.75 bits per heavy atom. The van der Waals surface area contributed by atoms with E-state index in [1.807, 2.05) is 0 Å². The summed E-state index contributed by atoms with van der Waals surface area (Å²) in [4.78, 5) is 2.71. The number of rotatable bonds is 6. The maximum Gasteiger partial charge on any atom is 0.00501 e. The summed E-state index contributed by atoms with van der Waals surface area (Å²) in [5.41, 5.74) is 0.625. The van der Waals surface area contributed by atoms with Gasteiger partial charge in [-0.05, 0) is 57.2 Å². The van der Waals surface area contributed by atoms with Crippen molar-refractivity contribution in [2.24, 2.45) is 5.41 Å². The van der Waals surface area contributed by atoms with Crippen LogP contribution in [0.4, 0.5) is 0 Å². The van der Waals surface area contributed by atoms with E-state index < -0.39 is 0 Å². The van der Waals surface area contributed by atoms with Crippen LogP contribution in [0.25, 0.3) is 0 Å². The lowest BCUT2D eigenvalue weighted by atomic mass is 9.85. The van der Waals surface area contributed by atoms with Crippen LogP contribution in [0, 0.1) is 5.41 Å². The van der Waals surface area contributed by atoms with Gasteiger partial charge in [-0.15, -0.1) is 0 Å². The van der Waals surface area contributed by atoms with E-state index in [4.69, 9.17) is 0 Å². The second-order valence-corrected chi connectivity index (χ2v) is 5.87. The summed E-state index contributed by atoms with van der Waals surface area (Å²) >= 11 is 0. The molecule has 1 saturated heterocycles. The molecule has 0 aromatic heterocycles. The zero-order valence-electron chi connectivity index (χ0n) is 10.9. The summed E-state index contributed by atoms with van der Waals surface area (Å²) in [5, 5.41) is 3.67. The van der Waals surface area contributed by atoms with Gasteiger partial charge in [0.1, 0.15) is 0 Å². The van der Waals surface area contributed by atoms with Crippen LogP contribution >= 0.6 is 0 Å². The van der Waals surface area contributed by atoms with Crippen LogP contribution in [0.3, 0.4) is 0 Å². The summed E-state index contributed by atoms with van der Waals surface area (Å²) in [6.07, 6.45) is 9.96. The minimum Gasteiger partial charge on any atom is -0.316 e. The van der Waals surface area contributed by atoms with Crippen molar-refractivity contribution in [2.45, 2.75) is 51.9 Å². The highest BCUT2D eigenvalue weighted by atomic mass is 15.1. The molecule has 1 heterocycles. The molecular weight excluding hydrogens is 196 g/mol. The second kappa shape index (κ2) is 6.02. The van der Waals surface area contributed by atoms with E-state index in [-0.39, 0.29) is 0 Å². The number of hydrogen-bond donors (Lipinski definition) is 1. The zero-order chi connectivity index (χ0) is 11.3. The van der Waals surface area contributed by atoms with Crippen LogP contribution in [0.15, 0.2) is 0 Å². The molecule has 0 aromatic rings. The summed E-state index contributed by atoms with van der Waals surface area (Å²) in [5.74, 6) is 0. The van der Waals surface area contributed by atoms with E-state index >= 15 is 0 Å². The van der Waals surface area contributed by atoms with E-state index in [1.165, 1.54) is 77.7 Å². The van der Waals surface area contributed by atoms with Crippen LogP contribution in [0.2, 0.25) is 0 Å². The average Bonchev–Trinajstić information content (AvgIpc) is 2.91. The Hall–Kier alpha value is -0.0800. The number of likely N-dealkylation sites (tertiary alicyclic amines) is 1. The van der Waals surface area contributed by atoms with Crippen molar-refractivity contribution in [1.29, 1.82) is 0 Å². The van der Waals surface area contributed by atoms with Crippen molar-refractivity contribution in [2.75, 3.05) is 32.7 Å². The molecule has 1 saturated carbocycles. The third-order valence-electron chi connectivity index (χ3n) is 4.35. The molecule has 1 N–H and O–H groups in total. The molecule has 0 unspecified atom stereocenters.